The van der Waals surface area contributed by atoms with Crippen LogP contribution in [0.2, 0.25) is 0 Å². The summed E-state index contributed by atoms with van der Waals surface area (Å²) in [5, 5.41) is 0. The molecular weight excluding hydrogens is 264 g/mol. The van der Waals surface area contributed by atoms with Gasteiger partial charge in [-0.05, 0) is 31.6 Å². The van der Waals surface area contributed by atoms with Gasteiger partial charge in [0.05, 0.1) is 6.33 Å². The number of carbonyl (C=O) groups excluding carboxylic acids is 1. The fourth-order valence-electron chi connectivity index (χ4n) is 3.32. The lowest BCUT2D eigenvalue weighted by atomic mass is 9.89. The Kier molecular flexibility index (Phi) is 4.58. The third-order valence-corrected chi connectivity index (χ3v) is 4.67. The first-order valence-electron chi connectivity index (χ1n) is 8.30. The van der Waals surface area contributed by atoms with E-state index in [1.165, 1.54) is 32.1 Å². The summed E-state index contributed by atoms with van der Waals surface area (Å²) in [6, 6.07) is 0.457. The molecule has 0 spiro atoms. The molecule has 1 aromatic rings. The molecule has 0 aliphatic heterocycles. The van der Waals surface area contributed by atoms with Crippen molar-refractivity contribution in [2.75, 3.05) is 13.1 Å². The Morgan fingerprint density at radius 2 is 2.05 bits per heavy atom. The molecule has 3 rings (SSSR count). The predicted molar refractivity (Wildman–Crippen MR) is 81.9 cm³/mol. The lowest BCUT2D eigenvalue weighted by Crippen LogP contribution is -2.38. The average Bonchev–Trinajstić information content (AvgIpc) is 3.25. The van der Waals surface area contributed by atoms with Crippen molar-refractivity contribution in [2.45, 2.75) is 57.5 Å². The molecule has 0 aromatic carbocycles. The number of carbonyl (C=O) groups is 1. The van der Waals surface area contributed by atoms with Gasteiger partial charge in [0.1, 0.15) is 5.69 Å². The Balaban J connectivity index is 1.65. The molecule has 5 nitrogen and oxygen atoms in total. The van der Waals surface area contributed by atoms with E-state index in [2.05, 4.69) is 9.88 Å². The minimum atomic E-state index is 0.110. The quantitative estimate of drug-likeness (QED) is 0.872. The molecule has 2 N–H and O–H groups in total. The Hall–Kier alpha value is -1.36. The van der Waals surface area contributed by atoms with Crippen molar-refractivity contribution < 1.29 is 4.79 Å². The molecule has 0 bridgehead atoms. The van der Waals surface area contributed by atoms with Gasteiger partial charge in [0, 0.05) is 31.9 Å². The van der Waals surface area contributed by atoms with Crippen LogP contribution < -0.4 is 5.73 Å². The lowest BCUT2D eigenvalue weighted by molar-refractivity contribution is 0.0693. The Bertz CT molecular complexity index is 474. The van der Waals surface area contributed by atoms with Crippen LogP contribution in [0.3, 0.4) is 0 Å². The van der Waals surface area contributed by atoms with Gasteiger partial charge in [-0.15, -0.1) is 0 Å². The monoisotopic (exact) mass is 290 g/mol. The molecule has 1 aromatic heterocycles. The lowest BCUT2D eigenvalue weighted by Gasteiger charge is -2.29. The summed E-state index contributed by atoms with van der Waals surface area (Å²) in [5.41, 5.74) is 6.12. The molecular formula is C16H26N4O. The number of hydrogen-bond acceptors (Lipinski definition) is 3. The van der Waals surface area contributed by atoms with Crippen LogP contribution in [-0.2, 0) is 6.54 Å². The van der Waals surface area contributed by atoms with Crippen molar-refractivity contribution in [2.24, 2.45) is 11.7 Å². The maximum absolute atomic E-state index is 12.7. The van der Waals surface area contributed by atoms with Gasteiger partial charge >= 0.3 is 0 Å². The zero-order chi connectivity index (χ0) is 14.7. The van der Waals surface area contributed by atoms with Crippen molar-refractivity contribution in [3.05, 3.63) is 18.2 Å². The highest BCUT2D eigenvalue weighted by atomic mass is 16.2. The minimum Gasteiger partial charge on any atom is -0.335 e. The van der Waals surface area contributed by atoms with Crippen LogP contribution in [0, 0.1) is 5.92 Å². The van der Waals surface area contributed by atoms with Crippen LogP contribution in [0.4, 0.5) is 0 Å². The van der Waals surface area contributed by atoms with E-state index in [0.717, 1.165) is 19.4 Å². The first-order chi connectivity index (χ1) is 10.3. The Morgan fingerprint density at radius 3 is 2.71 bits per heavy atom. The molecule has 1 amide bonds. The van der Waals surface area contributed by atoms with Gasteiger partial charge < -0.3 is 15.2 Å². The predicted octanol–water partition coefficient (Wildman–Crippen LogP) is 2.03. The van der Waals surface area contributed by atoms with Crippen molar-refractivity contribution in [1.82, 2.24) is 14.5 Å². The van der Waals surface area contributed by atoms with Gasteiger partial charge in [-0.3, -0.25) is 4.79 Å². The van der Waals surface area contributed by atoms with Gasteiger partial charge in [-0.1, -0.05) is 19.3 Å². The van der Waals surface area contributed by atoms with E-state index in [0.29, 0.717) is 30.7 Å². The SMILES string of the molecule is NCCn1cnc(C(=O)N(CC2CCCCC2)C2CC2)c1. The normalized spacial score (nSPS) is 19.7. The van der Waals surface area contributed by atoms with E-state index in [1.54, 1.807) is 6.33 Å². The highest BCUT2D eigenvalue weighted by Crippen LogP contribution is 2.32. The number of aromatic nitrogens is 2. The summed E-state index contributed by atoms with van der Waals surface area (Å²) in [4.78, 5) is 19.1. The van der Waals surface area contributed by atoms with Crippen LogP contribution in [0.15, 0.2) is 12.5 Å². The third kappa shape index (κ3) is 3.64. The van der Waals surface area contributed by atoms with Crippen molar-refractivity contribution in [3.8, 4) is 0 Å². The number of nitrogens with zero attached hydrogens (tertiary/aromatic N) is 3. The number of imidazole rings is 1. The van der Waals surface area contributed by atoms with E-state index in [4.69, 9.17) is 5.73 Å². The first-order valence-corrected chi connectivity index (χ1v) is 8.30. The molecule has 2 fully saturated rings. The number of rotatable bonds is 6. The topological polar surface area (TPSA) is 64.2 Å². The van der Waals surface area contributed by atoms with Crippen molar-refractivity contribution in [3.63, 3.8) is 0 Å². The molecule has 0 saturated heterocycles. The van der Waals surface area contributed by atoms with Gasteiger partial charge in [-0.25, -0.2) is 4.98 Å². The molecule has 0 atom stereocenters. The average molecular weight is 290 g/mol. The second-order valence-electron chi connectivity index (χ2n) is 6.48. The number of amides is 1. The smallest absolute Gasteiger partial charge is 0.274 e. The fourth-order valence-corrected chi connectivity index (χ4v) is 3.32. The van der Waals surface area contributed by atoms with Gasteiger partial charge in [0.15, 0.2) is 0 Å². The van der Waals surface area contributed by atoms with Crippen LogP contribution >= 0.6 is 0 Å². The maximum Gasteiger partial charge on any atom is 0.274 e. The molecule has 5 heteroatoms. The zero-order valence-corrected chi connectivity index (χ0v) is 12.7. The summed E-state index contributed by atoms with van der Waals surface area (Å²) in [6.45, 7) is 2.21. The summed E-state index contributed by atoms with van der Waals surface area (Å²) < 4.78 is 1.90. The van der Waals surface area contributed by atoms with Crippen LogP contribution in [0.25, 0.3) is 0 Å². The van der Waals surface area contributed by atoms with E-state index >= 15 is 0 Å². The minimum absolute atomic E-state index is 0.110. The van der Waals surface area contributed by atoms with Gasteiger partial charge in [0.25, 0.3) is 5.91 Å². The molecule has 2 saturated carbocycles. The zero-order valence-electron chi connectivity index (χ0n) is 12.7. The molecule has 116 valence electrons. The number of nitrogens with two attached hydrogens (primary N) is 1. The molecule has 2 aliphatic rings. The maximum atomic E-state index is 12.7. The Labute approximate surface area is 126 Å². The van der Waals surface area contributed by atoms with E-state index in [1.807, 2.05) is 10.8 Å². The fraction of sp³-hybridized carbons (Fsp3) is 0.750. The third-order valence-electron chi connectivity index (χ3n) is 4.67. The van der Waals surface area contributed by atoms with Gasteiger partial charge in [0.2, 0.25) is 0 Å². The largest absolute Gasteiger partial charge is 0.335 e. The molecule has 0 radical (unpaired) electrons. The standard InChI is InChI=1S/C16H26N4O/c17-8-9-19-11-15(18-12-19)16(21)20(14-6-7-14)10-13-4-2-1-3-5-13/h11-14H,1-10,17H2. The molecule has 2 aliphatic carbocycles. The Morgan fingerprint density at radius 1 is 1.29 bits per heavy atom. The van der Waals surface area contributed by atoms with Crippen molar-refractivity contribution >= 4 is 5.91 Å². The number of hydrogen-bond donors (Lipinski definition) is 1. The van der Waals surface area contributed by atoms with Gasteiger partial charge in [-0.2, -0.15) is 0 Å². The molecule has 21 heavy (non-hydrogen) atoms. The van der Waals surface area contributed by atoms with Crippen molar-refractivity contribution in [1.29, 1.82) is 0 Å². The second kappa shape index (κ2) is 6.60. The second-order valence-corrected chi connectivity index (χ2v) is 6.48. The summed E-state index contributed by atoms with van der Waals surface area (Å²) in [6.07, 6.45) is 12.4. The highest BCUT2D eigenvalue weighted by Gasteiger charge is 2.35. The first kappa shape index (κ1) is 14.6. The molecule has 1 heterocycles. The van der Waals surface area contributed by atoms with E-state index in [9.17, 15) is 4.79 Å². The van der Waals surface area contributed by atoms with Crippen LogP contribution in [0.5, 0.6) is 0 Å². The summed E-state index contributed by atoms with van der Waals surface area (Å²) in [5.74, 6) is 0.799. The van der Waals surface area contributed by atoms with E-state index < -0.39 is 0 Å². The highest BCUT2D eigenvalue weighted by molar-refractivity contribution is 5.92. The van der Waals surface area contributed by atoms with Crippen LogP contribution in [-0.4, -0.2) is 39.5 Å². The van der Waals surface area contributed by atoms with Crippen LogP contribution in [0.1, 0.15) is 55.4 Å². The summed E-state index contributed by atoms with van der Waals surface area (Å²) in [7, 11) is 0. The summed E-state index contributed by atoms with van der Waals surface area (Å²) >= 11 is 0. The molecule has 0 unspecified atom stereocenters. The van der Waals surface area contributed by atoms with E-state index in [-0.39, 0.29) is 5.91 Å².